The van der Waals surface area contributed by atoms with Gasteiger partial charge in [-0.1, -0.05) is 26.7 Å². The second-order valence-electron chi connectivity index (χ2n) is 6.67. The molecule has 1 aromatic heterocycles. The van der Waals surface area contributed by atoms with Crippen LogP contribution in [0.3, 0.4) is 0 Å². The Bertz CT molecular complexity index is 479. The number of hydrogen-bond acceptors (Lipinski definition) is 3. The first kappa shape index (κ1) is 15.8. The van der Waals surface area contributed by atoms with Gasteiger partial charge in [0.2, 0.25) is 0 Å². The second kappa shape index (κ2) is 6.92. The van der Waals surface area contributed by atoms with Crippen molar-refractivity contribution in [1.29, 1.82) is 0 Å². The monoisotopic (exact) mass is 289 g/mol. The third kappa shape index (κ3) is 4.19. The maximum Gasteiger partial charge on any atom is 0.269 e. The van der Waals surface area contributed by atoms with Crippen LogP contribution in [0.2, 0.25) is 0 Å². The summed E-state index contributed by atoms with van der Waals surface area (Å²) in [7, 11) is 1.63. The SMILES string of the molecule is CNC(=O)c1cc(NCC2(CC(C)C)CCCC2)ccn1. The molecule has 21 heavy (non-hydrogen) atoms. The van der Waals surface area contributed by atoms with E-state index in [0.29, 0.717) is 11.1 Å². The van der Waals surface area contributed by atoms with Crippen molar-refractivity contribution in [3.63, 3.8) is 0 Å². The van der Waals surface area contributed by atoms with E-state index in [1.807, 2.05) is 12.1 Å². The highest BCUT2D eigenvalue weighted by Crippen LogP contribution is 2.43. The van der Waals surface area contributed by atoms with Crippen molar-refractivity contribution in [3.05, 3.63) is 24.0 Å². The summed E-state index contributed by atoms with van der Waals surface area (Å²) in [6.07, 6.45) is 8.27. The molecule has 4 nitrogen and oxygen atoms in total. The standard InChI is InChI=1S/C17H27N3O/c1-13(2)11-17(7-4-5-8-17)12-20-14-6-9-19-15(10-14)16(21)18-3/h6,9-10,13H,4-5,7-8,11-12H2,1-3H3,(H,18,21)(H,19,20). The van der Waals surface area contributed by atoms with Crippen molar-refractivity contribution < 1.29 is 4.79 Å². The molecule has 116 valence electrons. The van der Waals surface area contributed by atoms with Crippen LogP contribution < -0.4 is 10.6 Å². The van der Waals surface area contributed by atoms with Gasteiger partial charge in [0.25, 0.3) is 5.91 Å². The van der Waals surface area contributed by atoms with Crippen LogP contribution in [0.25, 0.3) is 0 Å². The van der Waals surface area contributed by atoms with Gasteiger partial charge in [-0.15, -0.1) is 0 Å². The van der Waals surface area contributed by atoms with Crippen molar-refractivity contribution in [2.75, 3.05) is 18.9 Å². The lowest BCUT2D eigenvalue weighted by molar-refractivity contribution is 0.0958. The van der Waals surface area contributed by atoms with E-state index < -0.39 is 0 Å². The molecule has 0 radical (unpaired) electrons. The highest BCUT2D eigenvalue weighted by Gasteiger charge is 2.34. The van der Waals surface area contributed by atoms with Gasteiger partial charge in [0.15, 0.2) is 0 Å². The molecule has 1 saturated carbocycles. The lowest BCUT2D eigenvalue weighted by Crippen LogP contribution is -2.28. The molecular weight excluding hydrogens is 262 g/mol. The Labute approximate surface area is 127 Å². The lowest BCUT2D eigenvalue weighted by Gasteiger charge is -2.31. The first-order valence-electron chi connectivity index (χ1n) is 7.97. The topological polar surface area (TPSA) is 54.0 Å². The number of nitrogens with zero attached hydrogens (tertiary/aromatic N) is 1. The summed E-state index contributed by atoms with van der Waals surface area (Å²) in [5.74, 6) is 0.584. The zero-order valence-electron chi connectivity index (χ0n) is 13.4. The van der Waals surface area contributed by atoms with Crippen molar-refractivity contribution in [3.8, 4) is 0 Å². The molecule has 1 amide bonds. The quantitative estimate of drug-likeness (QED) is 0.843. The summed E-state index contributed by atoms with van der Waals surface area (Å²) in [5, 5.41) is 6.14. The molecule has 1 fully saturated rings. The normalized spacial score (nSPS) is 17.0. The highest BCUT2D eigenvalue weighted by molar-refractivity contribution is 5.92. The first-order valence-corrected chi connectivity index (χ1v) is 7.97. The van der Waals surface area contributed by atoms with Crippen LogP contribution in [-0.2, 0) is 0 Å². The molecule has 1 aliphatic rings. The molecule has 1 aromatic rings. The molecule has 2 rings (SSSR count). The Morgan fingerprint density at radius 2 is 2.10 bits per heavy atom. The molecule has 0 saturated heterocycles. The number of anilines is 1. The zero-order valence-corrected chi connectivity index (χ0v) is 13.4. The molecule has 1 heterocycles. The number of hydrogen-bond donors (Lipinski definition) is 2. The number of aromatic nitrogens is 1. The van der Waals surface area contributed by atoms with Crippen LogP contribution in [0.5, 0.6) is 0 Å². The van der Waals surface area contributed by atoms with E-state index >= 15 is 0 Å². The van der Waals surface area contributed by atoms with Crippen LogP contribution in [-0.4, -0.2) is 24.5 Å². The van der Waals surface area contributed by atoms with Crippen LogP contribution in [0.4, 0.5) is 5.69 Å². The van der Waals surface area contributed by atoms with Gasteiger partial charge in [0, 0.05) is 25.5 Å². The minimum absolute atomic E-state index is 0.142. The van der Waals surface area contributed by atoms with Gasteiger partial charge in [0.05, 0.1) is 0 Å². The van der Waals surface area contributed by atoms with Crippen LogP contribution in [0.15, 0.2) is 18.3 Å². The van der Waals surface area contributed by atoms with Gasteiger partial charge in [-0.05, 0) is 42.7 Å². The van der Waals surface area contributed by atoms with Crippen molar-refractivity contribution in [1.82, 2.24) is 10.3 Å². The van der Waals surface area contributed by atoms with E-state index in [4.69, 9.17) is 0 Å². The second-order valence-corrected chi connectivity index (χ2v) is 6.67. The van der Waals surface area contributed by atoms with Gasteiger partial charge < -0.3 is 10.6 Å². The molecule has 0 bridgehead atoms. The fourth-order valence-corrected chi connectivity index (χ4v) is 3.53. The predicted molar refractivity (Wildman–Crippen MR) is 86.5 cm³/mol. The van der Waals surface area contributed by atoms with E-state index in [1.165, 1.54) is 32.1 Å². The van der Waals surface area contributed by atoms with Gasteiger partial charge in [-0.25, -0.2) is 0 Å². The fourth-order valence-electron chi connectivity index (χ4n) is 3.53. The third-order valence-electron chi connectivity index (χ3n) is 4.39. The van der Waals surface area contributed by atoms with E-state index in [9.17, 15) is 4.79 Å². The lowest BCUT2D eigenvalue weighted by atomic mass is 9.78. The minimum atomic E-state index is -0.142. The van der Waals surface area contributed by atoms with Crippen molar-refractivity contribution in [2.45, 2.75) is 46.0 Å². The molecule has 0 aromatic carbocycles. The smallest absolute Gasteiger partial charge is 0.269 e. The number of amides is 1. The Balaban J connectivity index is 2.02. The summed E-state index contributed by atoms with van der Waals surface area (Å²) >= 11 is 0. The number of rotatable bonds is 6. The van der Waals surface area contributed by atoms with Gasteiger partial charge in [0.1, 0.15) is 5.69 Å². The minimum Gasteiger partial charge on any atom is -0.384 e. The van der Waals surface area contributed by atoms with Crippen molar-refractivity contribution in [2.24, 2.45) is 11.3 Å². The van der Waals surface area contributed by atoms with E-state index in [1.54, 1.807) is 13.2 Å². The van der Waals surface area contributed by atoms with Crippen molar-refractivity contribution >= 4 is 11.6 Å². The van der Waals surface area contributed by atoms with Crippen LogP contribution >= 0.6 is 0 Å². The third-order valence-corrected chi connectivity index (χ3v) is 4.39. The molecule has 0 unspecified atom stereocenters. The number of nitrogens with one attached hydrogen (secondary N) is 2. The summed E-state index contributed by atoms with van der Waals surface area (Å²) in [6, 6.07) is 3.77. The Hall–Kier alpha value is -1.58. The molecule has 1 aliphatic carbocycles. The summed E-state index contributed by atoms with van der Waals surface area (Å²) in [5.41, 5.74) is 1.87. The van der Waals surface area contributed by atoms with E-state index in [-0.39, 0.29) is 5.91 Å². The summed E-state index contributed by atoms with van der Waals surface area (Å²) in [6.45, 7) is 5.59. The molecular formula is C17H27N3O. The molecule has 2 N–H and O–H groups in total. The first-order chi connectivity index (χ1) is 10.0. The predicted octanol–water partition coefficient (Wildman–Crippen LogP) is 3.46. The Morgan fingerprint density at radius 3 is 2.71 bits per heavy atom. The summed E-state index contributed by atoms with van der Waals surface area (Å²) < 4.78 is 0. The number of pyridine rings is 1. The average Bonchev–Trinajstić information content (AvgIpc) is 2.92. The number of carbonyl (C=O) groups is 1. The van der Waals surface area contributed by atoms with Gasteiger partial charge in [-0.3, -0.25) is 9.78 Å². The van der Waals surface area contributed by atoms with Crippen LogP contribution in [0, 0.1) is 11.3 Å². The largest absolute Gasteiger partial charge is 0.384 e. The number of carbonyl (C=O) groups excluding carboxylic acids is 1. The van der Waals surface area contributed by atoms with E-state index in [2.05, 4.69) is 29.5 Å². The Morgan fingerprint density at radius 1 is 1.38 bits per heavy atom. The average molecular weight is 289 g/mol. The molecule has 4 heteroatoms. The van der Waals surface area contributed by atoms with E-state index in [0.717, 1.165) is 18.2 Å². The molecule has 0 aliphatic heterocycles. The highest BCUT2D eigenvalue weighted by atomic mass is 16.1. The summed E-state index contributed by atoms with van der Waals surface area (Å²) in [4.78, 5) is 15.7. The molecule has 0 spiro atoms. The fraction of sp³-hybridized carbons (Fsp3) is 0.647. The maximum absolute atomic E-state index is 11.6. The van der Waals surface area contributed by atoms with Gasteiger partial charge >= 0.3 is 0 Å². The molecule has 0 atom stereocenters. The van der Waals surface area contributed by atoms with Crippen LogP contribution in [0.1, 0.15) is 56.4 Å². The zero-order chi connectivity index (χ0) is 15.3. The van der Waals surface area contributed by atoms with Gasteiger partial charge in [-0.2, -0.15) is 0 Å². The maximum atomic E-state index is 11.6. The Kier molecular flexibility index (Phi) is 5.21.